The van der Waals surface area contributed by atoms with Gasteiger partial charge in [0.2, 0.25) is 5.91 Å². The molecule has 9 heteroatoms. The van der Waals surface area contributed by atoms with Gasteiger partial charge in [0.15, 0.2) is 0 Å². The molecule has 0 bridgehead atoms. The second-order valence-corrected chi connectivity index (χ2v) is 8.27. The third-order valence-electron chi connectivity index (χ3n) is 5.83. The standard InChI is InChI=1S/C28H23F3N2O4/c1-37-20-14-10-18(11-15-20)21(17-8-12-19(13-9-17)28(29,30)31)4-2-7-26(35)32-23-5-3-6-24-22(23)16-25(34)27(36)33-24/h2-15,25,34H,16H2,1H3,(H,32,35)(H,33,36)/b7-2+,21-4+. The van der Waals surface area contributed by atoms with Crippen LogP contribution in [0, 0.1) is 0 Å². The summed E-state index contributed by atoms with van der Waals surface area (Å²) in [6.45, 7) is 0. The van der Waals surface area contributed by atoms with Crippen LogP contribution in [0.15, 0.2) is 85.0 Å². The maximum Gasteiger partial charge on any atom is 0.416 e. The average Bonchev–Trinajstić information content (AvgIpc) is 2.87. The van der Waals surface area contributed by atoms with Crippen molar-refractivity contribution in [2.45, 2.75) is 18.7 Å². The fraction of sp³-hybridized carbons (Fsp3) is 0.143. The third kappa shape index (κ3) is 6.07. The summed E-state index contributed by atoms with van der Waals surface area (Å²) in [5.41, 5.74) is 2.67. The van der Waals surface area contributed by atoms with Gasteiger partial charge in [-0.05, 0) is 53.1 Å². The van der Waals surface area contributed by atoms with E-state index >= 15 is 0 Å². The summed E-state index contributed by atoms with van der Waals surface area (Å²) in [7, 11) is 1.53. The van der Waals surface area contributed by atoms with Crippen LogP contribution < -0.4 is 15.4 Å². The van der Waals surface area contributed by atoms with E-state index in [9.17, 15) is 27.9 Å². The number of nitrogens with one attached hydrogen (secondary N) is 2. The first-order valence-corrected chi connectivity index (χ1v) is 11.3. The van der Waals surface area contributed by atoms with Crippen molar-refractivity contribution in [2.75, 3.05) is 17.7 Å². The average molecular weight is 508 g/mol. The van der Waals surface area contributed by atoms with Crippen LogP contribution in [0.4, 0.5) is 24.5 Å². The Kier molecular flexibility index (Phi) is 7.45. The van der Waals surface area contributed by atoms with Gasteiger partial charge in [0.25, 0.3) is 5.91 Å². The van der Waals surface area contributed by atoms with Gasteiger partial charge in [-0.15, -0.1) is 0 Å². The largest absolute Gasteiger partial charge is 0.497 e. The predicted octanol–water partition coefficient (Wildman–Crippen LogP) is 5.20. The minimum atomic E-state index is -4.45. The lowest BCUT2D eigenvalue weighted by molar-refractivity contribution is -0.137. The van der Waals surface area contributed by atoms with E-state index in [0.29, 0.717) is 39.4 Å². The topological polar surface area (TPSA) is 87.7 Å². The van der Waals surface area contributed by atoms with Crippen molar-refractivity contribution in [1.82, 2.24) is 0 Å². The van der Waals surface area contributed by atoms with Crippen molar-refractivity contribution in [3.63, 3.8) is 0 Å². The molecule has 1 aliphatic rings. The SMILES string of the molecule is COc1ccc(/C(=C/C=C/C(=O)Nc2cccc3c2CC(O)C(=O)N3)c2ccc(C(F)(F)F)cc2)cc1. The summed E-state index contributed by atoms with van der Waals surface area (Å²) >= 11 is 0. The molecule has 0 saturated carbocycles. The van der Waals surface area contributed by atoms with Gasteiger partial charge in [0, 0.05) is 29.4 Å². The van der Waals surface area contributed by atoms with Crippen LogP contribution in [-0.2, 0) is 22.2 Å². The van der Waals surface area contributed by atoms with Crippen LogP contribution >= 0.6 is 0 Å². The van der Waals surface area contributed by atoms with Gasteiger partial charge in [-0.25, -0.2) is 0 Å². The quantitative estimate of drug-likeness (QED) is 0.316. The molecule has 2 amide bonds. The fourth-order valence-electron chi connectivity index (χ4n) is 3.92. The van der Waals surface area contributed by atoms with E-state index in [1.807, 2.05) is 0 Å². The van der Waals surface area contributed by atoms with Crippen molar-refractivity contribution in [3.8, 4) is 5.75 Å². The first-order valence-electron chi connectivity index (χ1n) is 11.3. The molecule has 6 nitrogen and oxygen atoms in total. The Morgan fingerprint density at radius 1 is 1.05 bits per heavy atom. The van der Waals surface area contributed by atoms with Gasteiger partial charge in [-0.3, -0.25) is 9.59 Å². The molecule has 0 saturated heterocycles. The van der Waals surface area contributed by atoms with Crippen molar-refractivity contribution in [2.24, 2.45) is 0 Å². The van der Waals surface area contributed by atoms with E-state index in [4.69, 9.17) is 4.74 Å². The molecule has 1 aliphatic heterocycles. The minimum absolute atomic E-state index is 0.0662. The summed E-state index contributed by atoms with van der Waals surface area (Å²) in [6, 6.07) is 16.8. The first-order chi connectivity index (χ1) is 17.7. The molecule has 0 aliphatic carbocycles. The zero-order chi connectivity index (χ0) is 26.6. The number of aliphatic hydroxyl groups is 1. The Balaban J connectivity index is 1.59. The highest BCUT2D eigenvalue weighted by molar-refractivity contribution is 6.03. The van der Waals surface area contributed by atoms with Crippen molar-refractivity contribution in [3.05, 3.63) is 107 Å². The Bertz CT molecular complexity index is 1360. The predicted molar refractivity (Wildman–Crippen MR) is 134 cm³/mol. The number of benzene rings is 3. The van der Waals surface area contributed by atoms with Crippen LogP contribution in [-0.4, -0.2) is 30.1 Å². The lowest BCUT2D eigenvalue weighted by Gasteiger charge is -2.23. The molecular weight excluding hydrogens is 485 g/mol. The lowest BCUT2D eigenvalue weighted by Crippen LogP contribution is -2.34. The number of methoxy groups -OCH3 is 1. The number of anilines is 2. The minimum Gasteiger partial charge on any atom is -0.497 e. The Morgan fingerprint density at radius 2 is 1.70 bits per heavy atom. The Hall–Kier alpha value is -4.37. The summed E-state index contributed by atoms with van der Waals surface area (Å²) < 4.78 is 44.3. The van der Waals surface area contributed by atoms with Gasteiger partial charge >= 0.3 is 6.18 Å². The molecule has 190 valence electrons. The van der Waals surface area contributed by atoms with E-state index in [1.54, 1.807) is 48.5 Å². The number of hydrogen-bond donors (Lipinski definition) is 3. The van der Waals surface area contributed by atoms with E-state index in [1.165, 1.54) is 31.4 Å². The number of amides is 2. The fourth-order valence-corrected chi connectivity index (χ4v) is 3.92. The van der Waals surface area contributed by atoms with Crippen molar-refractivity contribution >= 4 is 28.8 Å². The summed E-state index contributed by atoms with van der Waals surface area (Å²) in [6.07, 6.45) is -1.18. The highest BCUT2D eigenvalue weighted by Gasteiger charge is 2.30. The maximum atomic E-state index is 13.0. The number of allylic oxidation sites excluding steroid dienone is 2. The normalized spacial score (nSPS) is 15.8. The Labute approximate surface area is 211 Å². The molecule has 1 unspecified atom stereocenters. The molecule has 3 N–H and O–H groups in total. The summed E-state index contributed by atoms with van der Waals surface area (Å²) in [5, 5.41) is 15.2. The number of hydrogen-bond acceptors (Lipinski definition) is 4. The highest BCUT2D eigenvalue weighted by Crippen LogP contribution is 2.32. The first kappa shape index (κ1) is 25.7. The lowest BCUT2D eigenvalue weighted by atomic mass is 9.96. The van der Waals surface area contributed by atoms with Crippen molar-refractivity contribution < 1.29 is 32.6 Å². The van der Waals surface area contributed by atoms with Gasteiger partial charge in [-0.2, -0.15) is 13.2 Å². The van der Waals surface area contributed by atoms with Crippen LogP contribution in [0.1, 0.15) is 22.3 Å². The van der Waals surface area contributed by atoms with Crippen LogP contribution in [0.2, 0.25) is 0 Å². The van der Waals surface area contributed by atoms with E-state index in [2.05, 4.69) is 10.6 Å². The monoisotopic (exact) mass is 508 g/mol. The van der Waals surface area contributed by atoms with Gasteiger partial charge in [0.05, 0.1) is 12.7 Å². The Morgan fingerprint density at radius 3 is 2.32 bits per heavy atom. The number of fused-ring (bicyclic) bond motifs is 1. The second-order valence-electron chi connectivity index (χ2n) is 8.27. The maximum absolute atomic E-state index is 13.0. The number of halogens is 3. The molecule has 0 radical (unpaired) electrons. The van der Waals surface area contributed by atoms with Gasteiger partial charge in [-0.1, -0.05) is 42.5 Å². The number of carbonyl (C=O) groups is 2. The molecule has 0 spiro atoms. The molecule has 0 fully saturated rings. The molecule has 4 rings (SSSR count). The molecule has 3 aromatic carbocycles. The van der Waals surface area contributed by atoms with E-state index in [0.717, 1.165) is 12.1 Å². The zero-order valence-electron chi connectivity index (χ0n) is 19.7. The highest BCUT2D eigenvalue weighted by atomic mass is 19.4. The molecule has 1 atom stereocenters. The number of alkyl halides is 3. The molecule has 3 aromatic rings. The summed E-state index contributed by atoms with van der Waals surface area (Å²) in [5.74, 6) is -0.342. The summed E-state index contributed by atoms with van der Waals surface area (Å²) in [4.78, 5) is 24.3. The molecular formula is C28H23F3N2O4. The molecule has 37 heavy (non-hydrogen) atoms. The zero-order valence-corrected chi connectivity index (χ0v) is 19.7. The molecule has 1 heterocycles. The number of aliphatic hydroxyl groups excluding tert-OH is 1. The number of ether oxygens (including phenoxy) is 1. The van der Waals surface area contributed by atoms with E-state index < -0.39 is 29.7 Å². The van der Waals surface area contributed by atoms with Gasteiger partial charge < -0.3 is 20.5 Å². The van der Waals surface area contributed by atoms with Crippen LogP contribution in [0.5, 0.6) is 5.75 Å². The number of carbonyl (C=O) groups excluding carboxylic acids is 2. The smallest absolute Gasteiger partial charge is 0.416 e. The third-order valence-corrected chi connectivity index (χ3v) is 5.83. The van der Waals surface area contributed by atoms with Crippen LogP contribution in [0.25, 0.3) is 5.57 Å². The van der Waals surface area contributed by atoms with Gasteiger partial charge in [0.1, 0.15) is 11.9 Å². The molecule has 0 aromatic heterocycles. The number of rotatable bonds is 6. The second kappa shape index (κ2) is 10.7. The van der Waals surface area contributed by atoms with Crippen LogP contribution in [0.3, 0.4) is 0 Å². The van der Waals surface area contributed by atoms with E-state index in [-0.39, 0.29) is 6.42 Å². The van der Waals surface area contributed by atoms with Crippen molar-refractivity contribution in [1.29, 1.82) is 0 Å².